The topological polar surface area (TPSA) is 78.0 Å². The first kappa shape index (κ1) is 22.5. The molecule has 4 amide bonds. The molecule has 0 N–H and O–H groups in total. The number of hydrogen-bond donors (Lipinski definition) is 0. The zero-order valence-corrected chi connectivity index (χ0v) is 19.1. The maximum atomic E-state index is 12.9. The first-order valence-corrected chi connectivity index (χ1v) is 11.7. The summed E-state index contributed by atoms with van der Waals surface area (Å²) in [4.78, 5) is 56.1. The lowest BCUT2D eigenvalue weighted by Gasteiger charge is -2.30. The van der Waals surface area contributed by atoms with Crippen molar-refractivity contribution in [2.24, 2.45) is 23.7 Å². The maximum absolute atomic E-state index is 12.9. The third-order valence-corrected chi connectivity index (χ3v) is 7.45. The minimum Gasteiger partial charge on any atom is -0.274 e. The second-order valence-electron chi connectivity index (χ2n) is 8.85. The molecule has 4 rings (SSSR count). The van der Waals surface area contributed by atoms with E-state index in [1.165, 1.54) is 9.80 Å². The molecule has 0 spiro atoms. The van der Waals surface area contributed by atoms with Gasteiger partial charge in [-0.25, -0.2) is 0 Å². The Hall–Kier alpha value is -1.70. The minimum atomic E-state index is -0.413. The number of hydrogen-bond acceptors (Lipinski definition) is 5. The molecule has 2 aliphatic carbocycles. The van der Waals surface area contributed by atoms with Crippen molar-refractivity contribution >= 4 is 46.8 Å². The van der Waals surface area contributed by atoms with Gasteiger partial charge in [0.1, 0.15) is 0 Å². The van der Waals surface area contributed by atoms with Gasteiger partial charge in [-0.15, -0.1) is 0 Å². The molecule has 7 nitrogen and oxygen atoms in total. The van der Waals surface area contributed by atoms with Crippen molar-refractivity contribution in [1.82, 2.24) is 14.7 Å². The predicted octanol–water partition coefficient (Wildman–Crippen LogP) is 3.04. The van der Waals surface area contributed by atoms with Crippen molar-refractivity contribution < 1.29 is 19.2 Å². The van der Waals surface area contributed by atoms with Crippen LogP contribution in [-0.2, 0) is 19.2 Å². The van der Waals surface area contributed by atoms with Crippen LogP contribution in [0.15, 0.2) is 22.2 Å². The number of halogens is 2. The molecule has 4 atom stereocenters. The van der Waals surface area contributed by atoms with Gasteiger partial charge in [-0.2, -0.15) is 0 Å². The quantitative estimate of drug-likeness (QED) is 0.537. The minimum absolute atomic E-state index is 0.0771. The van der Waals surface area contributed by atoms with Gasteiger partial charge in [0.2, 0.25) is 23.6 Å². The number of unbranched alkanes of at least 4 members (excludes halogenated alkanes) is 1. The number of carbonyl (C=O) groups is 4. The molecular weight excluding hydrogens is 441 g/mol. The van der Waals surface area contributed by atoms with Gasteiger partial charge in [-0.1, -0.05) is 48.7 Å². The van der Waals surface area contributed by atoms with Crippen molar-refractivity contribution in [2.75, 3.05) is 19.9 Å². The lowest BCUT2D eigenvalue weighted by Crippen LogP contribution is -2.48. The van der Waals surface area contributed by atoms with Gasteiger partial charge >= 0.3 is 0 Å². The van der Waals surface area contributed by atoms with Crippen LogP contribution in [-0.4, -0.2) is 58.2 Å². The number of rotatable bonds is 7. The Balaban J connectivity index is 1.47. The summed E-state index contributed by atoms with van der Waals surface area (Å²) in [6.45, 7) is 2.77. The van der Waals surface area contributed by atoms with Crippen molar-refractivity contribution in [1.29, 1.82) is 0 Å². The molecule has 2 heterocycles. The largest absolute Gasteiger partial charge is 0.274 e. The van der Waals surface area contributed by atoms with Gasteiger partial charge in [0.05, 0.1) is 37.0 Å². The highest BCUT2D eigenvalue weighted by Crippen LogP contribution is 2.40. The molecule has 31 heavy (non-hydrogen) atoms. The monoisotopic (exact) mass is 467 g/mol. The summed E-state index contributed by atoms with van der Waals surface area (Å²) in [5.41, 5.74) is 0. The third-order valence-electron chi connectivity index (χ3n) is 6.83. The number of amides is 4. The summed E-state index contributed by atoms with van der Waals surface area (Å²) in [5.74, 6) is -2.38. The Morgan fingerprint density at radius 1 is 0.806 bits per heavy atom. The van der Waals surface area contributed by atoms with Crippen LogP contribution in [0.2, 0.25) is 0 Å². The molecular formula is C22H27Cl2N3O4. The number of allylic oxidation sites excluding steroid dienone is 4. The number of imide groups is 2. The highest BCUT2D eigenvalue weighted by atomic mass is 35.5. The smallest absolute Gasteiger partial charge is 0.234 e. The van der Waals surface area contributed by atoms with Crippen LogP contribution < -0.4 is 0 Å². The average Bonchev–Trinajstić information content (AvgIpc) is 3.11. The standard InChI is InChI=1S/C22H27Cl2N3O4/c1-2-3-8-25(11-26-19(28)15-6-4-13(23)9-17(15)21(26)30)12-27-20(29)16-7-5-14(24)10-18(16)22(27)31/h4-5,15-18H,2-3,6-12H2,1H3/t15-,16-,17+,18+/m1/s1. The zero-order valence-electron chi connectivity index (χ0n) is 17.6. The van der Waals surface area contributed by atoms with Gasteiger partial charge in [-0.05, 0) is 32.1 Å². The summed E-state index contributed by atoms with van der Waals surface area (Å²) >= 11 is 12.2. The first-order chi connectivity index (χ1) is 14.8. The Bertz CT molecular complexity index is 805. The molecule has 0 aromatic heterocycles. The number of carbonyl (C=O) groups excluding carboxylic acids is 4. The fraction of sp³-hybridized carbons (Fsp3) is 0.636. The maximum Gasteiger partial charge on any atom is 0.234 e. The molecule has 2 aliphatic heterocycles. The molecule has 0 saturated carbocycles. The summed E-state index contributed by atoms with van der Waals surface area (Å²) < 4.78 is 0. The lowest BCUT2D eigenvalue weighted by atomic mass is 9.85. The van der Waals surface area contributed by atoms with E-state index in [1.807, 2.05) is 24.0 Å². The van der Waals surface area contributed by atoms with E-state index >= 15 is 0 Å². The van der Waals surface area contributed by atoms with Crippen molar-refractivity contribution in [2.45, 2.75) is 45.4 Å². The Morgan fingerprint density at radius 3 is 1.65 bits per heavy atom. The van der Waals surface area contributed by atoms with E-state index in [9.17, 15) is 19.2 Å². The molecule has 0 aromatic rings. The number of fused-ring (bicyclic) bond motifs is 2. The SMILES string of the molecule is CCCCN(CN1C(=O)[C@H]2CC(Cl)=CC[C@H]2C1=O)CN1C(=O)[C@H]2CC(Cl)=CC[C@H]2C1=O. The first-order valence-electron chi connectivity index (χ1n) is 10.9. The van der Waals surface area contributed by atoms with E-state index in [0.717, 1.165) is 12.8 Å². The molecule has 0 bridgehead atoms. The van der Waals surface area contributed by atoms with Gasteiger partial charge in [0, 0.05) is 16.6 Å². The fourth-order valence-electron chi connectivity index (χ4n) is 5.04. The Labute approximate surface area is 192 Å². The number of nitrogens with zero attached hydrogens (tertiary/aromatic N) is 3. The summed E-state index contributed by atoms with van der Waals surface area (Å²) in [5, 5.41) is 1.24. The van der Waals surface area contributed by atoms with Crippen LogP contribution in [0, 0.1) is 23.7 Å². The zero-order chi connectivity index (χ0) is 22.3. The second-order valence-corrected chi connectivity index (χ2v) is 9.82. The van der Waals surface area contributed by atoms with Crippen molar-refractivity contribution in [3.05, 3.63) is 22.2 Å². The van der Waals surface area contributed by atoms with Crippen LogP contribution in [0.25, 0.3) is 0 Å². The Morgan fingerprint density at radius 2 is 1.23 bits per heavy atom. The van der Waals surface area contributed by atoms with Crippen LogP contribution in [0.3, 0.4) is 0 Å². The lowest BCUT2D eigenvalue weighted by molar-refractivity contribution is -0.145. The molecule has 0 radical (unpaired) electrons. The van der Waals surface area contributed by atoms with Gasteiger partial charge in [0.25, 0.3) is 0 Å². The van der Waals surface area contributed by atoms with Crippen molar-refractivity contribution in [3.63, 3.8) is 0 Å². The van der Waals surface area contributed by atoms with Crippen LogP contribution in [0.4, 0.5) is 0 Å². The average molecular weight is 468 g/mol. The molecule has 4 aliphatic rings. The van der Waals surface area contributed by atoms with E-state index in [4.69, 9.17) is 23.2 Å². The van der Waals surface area contributed by atoms with Crippen LogP contribution in [0.1, 0.15) is 45.4 Å². The van der Waals surface area contributed by atoms with Gasteiger partial charge in [-0.3, -0.25) is 33.9 Å². The van der Waals surface area contributed by atoms with E-state index in [2.05, 4.69) is 0 Å². The fourth-order valence-corrected chi connectivity index (χ4v) is 5.55. The van der Waals surface area contributed by atoms with E-state index in [0.29, 0.717) is 42.3 Å². The Kier molecular flexibility index (Phi) is 6.56. The summed E-state index contributed by atoms with van der Waals surface area (Å²) in [6.07, 6.45) is 7.09. The highest BCUT2D eigenvalue weighted by molar-refractivity contribution is 6.30. The van der Waals surface area contributed by atoms with Gasteiger partial charge in [0.15, 0.2) is 0 Å². The van der Waals surface area contributed by atoms with Crippen LogP contribution in [0.5, 0.6) is 0 Å². The van der Waals surface area contributed by atoms with Crippen molar-refractivity contribution in [3.8, 4) is 0 Å². The third kappa shape index (κ3) is 4.20. The summed E-state index contributed by atoms with van der Waals surface area (Å²) in [6, 6.07) is 0. The molecule has 2 fully saturated rings. The van der Waals surface area contributed by atoms with Gasteiger partial charge < -0.3 is 0 Å². The molecule has 168 valence electrons. The van der Waals surface area contributed by atoms with E-state index in [1.54, 1.807) is 0 Å². The predicted molar refractivity (Wildman–Crippen MR) is 115 cm³/mol. The highest BCUT2D eigenvalue weighted by Gasteiger charge is 2.51. The molecule has 0 unspecified atom stereocenters. The molecule has 0 aromatic carbocycles. The van der Waals surface area contributed by atoms with Crippen LogP contribution >= 0.6 is 23.2 Å². The second kappa shape index (κ2) is 9.04. The number of likely N-dealkylation sites (tertiary alicyclic amines) is 2. The molecule has 9 heteroatoms. The molecule has 2 saturated heterocycles. The normalized spacial score (nSPS) is 30.7. The summed E-state index contributed by atoms with van der Waals surface area (Å²) in [7, 11) is 0. The van der Waals surface area contributed by atoms with E-state index in [-0.39, 0.29) is 48.8 Å². The van der Waals surface area contributed by atoms with E-state index < -0.39 is 11.8 Å².